The Morgan fingerprint density at radius 2 is 2.18 bits per heavy atom. The van der Waals surface area contributed by atoms with Crippen molar-refractivity contribution in [1.29, 1.82) is 5.26 Å². The van der Waals surface area contributed by atoms with Crippen LogP contribution in [0.1, 0.15) is 26.2 Å². The summed E-state index contributed by atoms with van der Waals surface area (Å²) < 4.78 is 5.34. The van der Waals surface area contributed by atoms with Gasteiger partial charge in [0.25, 0.3) is 0 Å². The lowest BCUT2D eigenvalue weighted by Gasteiger charge is -2.31. The molecule has 0 aromatic rings. The van der Waals surface area contributed by atoms with Crippen LogP contribution in [0.4, 0.5) is 0 Å². The Labute approximate surface area is 104 Å². The third-order valence-electron chi connectivity index (χ3n) is 3.82. The SMILES string of the molecule is CC(CN1CCOCC1)NC1CCCC1C#N. The van der Waals surface area contributed by atoms with Crippen molar-refractivity contribution in [3.8, 4) is 6.07 Å². The van der Waals surface area contributed by atoms with Gasteiger partial charge in [-0.2, -0.15) is 5.26 Å². The minimum absolute atomic E-state index is 0.224. The molecule has 1 saturated carbocycles. The van der Waals surface area contributed by atoms with E-state index in [1.165, 1.54) is 6.42 Å². The van der Waals surface area contributed by atoms with E-state index in [0.717, 1.165) is 45.7 Å². The van der Waals surface area contributed by atoms with Crippen LogP contribution in [-0.4, -0.2) is 49.8 Å². The van der Waals surface area contributed by atoms with E-state index in [9.17, 15) is 0 Å². The van der Waals surface area contributed by atoms with Gasteiger partial charge in [-0.1, -0.05) is 6.42 Å². The van der Waals surface area contributed by atoms with E-state index in [1.54, 1.807) is 0 Å². The van der Waals surface area contributed by atoms with Gasteiger partial charge >= 0.3 is 0 Å². The maximum absolute atomic E-state index is 9.05. The van der Waals surface area contributed by atoms with Gasteiger partial charge in [-0.25, -0.2) is 0 Å². The van der Waals surface area contributed by atoms with Crippen LogP contribution in [-0.2, 0) is 4.74 Å². The Morgan fingerprint density at radius 1 is 1.41 bits per heavy atom. The van der Waals surface area contributed by atoms with Crippen molar-refractivity contribution in [2.24, 2.45) is 5.92 Å². The van der Waals surface area contributed by atoms with Gasteiger partial charge in [0.05, 0.1) is 25.2 Å². The van der Waals surface area contributed by atoms with Crippen LogP contribution in [0.3, 0.4) is 0 Å². The van der Waals surface area contributed by atoms with Crippen molar-refractivity contribution in [1.82, 2.24) is 10.2 Å². The summed E-state index contributed by atoms with van der Waals surface area (Å²) in [7, 11) is 0. The molecule has 4 nitrogen and oxygen atoms in total. The van der Waals surface area contributed by atoms with E-state index < -0.39 is 0 Å². The summed E-state index contributed by atoms with van der Waals surface area (Å²) in [5.41, 5.74) is 0. The second-order valence-electron chi connectivity index (χ2n) is 5.25. The van der Waals surface area contributed by atoms with E-state index in [1.807, 2.05) is 0 Å². The molecule has 96 valence electrons. The molecule has 0 amide bonds. The minimum Gasteiger partial charge on any atom is -0.379 e. The van der Waals surface area contributed by atoms with Crippen molar-refractivity contribution in [3.63, 3.8) is 0 Å². The highest BCUT2D eigenvalue weighted by molar-refractivity contribution is 4.97. The van der Waals surface area contributed by atoms with Gasteiger partial charge in [-0.05, 0) is 19.8 Å². The Bertz CT molecular complexity index is 270. The first-order valence-electron chi connectivity index (χ1n) is 6.75. The van der Waals surface area contributed by atoms with Crippen LogP contribution in [0.25, 0.3) is 0 Å². The predicted octanol–water partition coefficient (Wildman–Crippen LogP) is 0.989. The predicted molar refractivity (Wildman–Crippen MR) is 66.6 cm³/mol. The summed E-state index contributed by atoms with van der Waals surface area (Å²) in [5, 5.41) is 12.7. The fraction of sp³-hybridized carbons (Fsp3) is 0.923. The Hall–Kier alpha value is -0.630. The van der Waals surface area contributed by atoms with Crippen LogP contribution >= 0.6 is 0 Å². The van der Waals surface area contributed by atoms with E-state index in [-0.39, 0.29) is 5.92 Å². The molecule has 1 saturated heterocycles. The lowest BCUT2D eigenvalue weighted by molar-refractivity contribution is 0.0337. The first-order valence-corrected chi connectivity index (χ1v) is 6.75. The van der Waals surface area contributed by atoms with Crippen molar-refractivity contribution in [2.45, 2.75) is 38.3 Å². The molecule has 2 rings (SSSR count). The van der Waals surface area contributed by atoms with Gasteiger partial charge in [0, 0.05) is 31.7 Å². The number of nitriles is 1. The molecule has 3 unspecified atom stereocenters. The molecule has 2 fully saturated rings. The van der Waals surface area contributed by atoms with Crippen molar-refractivity contribution < 1.29 is 4.74 Å². The largest absolute Gasteiger partial charge is 0.379 e. The second kappa shape index (κ2) is 6.34. The third-order valence-corrected chi connectivity index (χ3v) is 3.82. The van der Waals surface area contributed by atoms with E-state index in [0.29, 0.717) is 12.1 Å². The molecular formula is C13H23N3O. The zero-order valence-electron chi connectivity index (χ0n) is 10.7. The minimum atomic E-state index is 0.224. The molecule has 1 aliphatic carbocycles. The second-order valence-corrected chi connectivity index (χ2v) is 5.25. The third kappa shape index (κ3) is 3.67. The zero-order valence-corrected chi connectivity index (χ0v) is 10.7. The van der Waals surface area contributed by atoms with Crippen LogP contribution in [0, 0.1) is 17.2 Å². The first-order chi connectivity index (χ1) is 8.29. The quantitative estimate of drug-likeness (QED) is 0.792. The summed E-state index contributed by atoms with van der Waals surface area (Å²) in [6.07, 6.45) is 3.42. The summed E-state index contributed by atoms with van der Waals surface area (Å²) in [6, 6.07) is 3.30. The molecule has 3 atom stereocenters. The average Bonchev–Trinajstić information content (AvgIpc) is 2.77. The number of nitrogens with one attached hydrogen (secondary N) is 1. The highest BCUT2D eigenvalue weighted by Crippen LogP contribution is 2.25. The van der Waals surface area contributed by atoms with E-state index in [2.05, 4.69) is 23.2 Å². The van der Waals surface area contributed by atoms with Gasteiger partial charge in [-0.15, -0.1) is 0 Å². The molecule has 0 spiro atoms. The Balaban J connectivity index is 1.72. The molecule has 2 aliphatic rings. The van der Waals surface area contributed by atoms with Gasteiger partial charge in [0.15, 0.2) is 0 Å². The number of hydrogen-bond donors (Lipinski definition) is 1. The molecule has 4 heteroatoms. The number of morpholine rings is 1. The highest BCUT2D eigenvalue weighted by Gasteiger charge is 2.28. The van der Waals surface area contributed by atoms with Gasteiger partial charge in [0.1, 0.15) is 0 Å². The van der Waals surface area contributed by atoms with Gasteiger partial charge in [0.2, 0.25) is 0 Å². The normalized spacial score (nSPS) is 32.2. The topological polar surface area (TPSA) is 48.3 Å². The summed E-state index contributed by atoms with van der Waals surface area (Å²) in [6.45, 7) is 7.09. The Morgan fingerprint density at radius 3 is 2.88 bits per heavy atom. The molecule has 0 aromatic heterocycles. The lowest BCUT2D eigenvalue weighted by atomic mass is 10.0. The smallest absolute Gasteiger partial charge is 0.0672 e. The van der Waals surface area contributed by atoms with Crippen molar-refractivity contribution in [3.05, 3.63) is 0 Å². The zero-order chi connectivity index (χ0) is 12.1. The van der Waals surface area contributed by atoms with Crippen LogP contribution in [0.5, 0.6) is 0 Å². The molecular weight excluding hydrogens is 214 g/mol. The molecule has 1 heterocycles. The van der Waals surface area contributed by atoms with Crippen molar-refractivity contribution in [2.75, 3.05) is 32.8 Å². The maximum Gasteiger partial charge on any atom is 0.0672 e. The summed E-state index contributed by atoms with van der Waals surface area (Å²) in [5.74, 6) is 0.224. The Kier molecular flexibility index (Phi) is 4.78. The van der Waals surface area contributed by atoms with Crippen LogP contribution < -0.4 is 5.32 Å². The molecule has 0 radical (unpaired) electrons. The number of ether oxygens (including phenoxy) is 1. The lowest BCUT2D eigenvalue weighted by Crippen LogP contribution is -2.47. The first kappa shape index (κ1) is 12.8. The highest BCUT2D eigenvalue weighted by atomic mass is 16.5. The van der Waals surface area contributed by atoms with Crippen molar-refractivity contribution >= 4 is 0 Å². The van der Waals surface area contributed by atoms with Gasteiger partial charge < -0.3 is 10.1 Å². The molecule has 0 bridgehead atoms. The molecule has 17 heavy (non-hydrogen) atoms. The molecule has 0 aromatic carbocycles. The average molecular weight is 237 g/mol. The summed E-state index contributed by atoms with van der Waals surface area (Å²) in [4.78, 5) is 2.44. The fourth-order valence-electron chi connectivity index (χ4n) is 2.90. The van der Waals surface area contributed by atoms with E-state index >= 15 is 0 Å². The molecule has 1 aliphatic heterocycles. The standard InChI is InChI=1S/C13H23N3O/c1-11(10-16-5-7-17-8-6-16)15-13-4-2-3-12(13)9-14/h11-13,15H,2-8,10H2,1H3. The van der Waals surface area contributed by atoms with Crippen LogP contribution in [0.15, 0.2) is 0 Å². The van der Waals surface area contributed by atoms with Gasteiger partial charge in [-0.3, -0.25) is 4.90 Å². The number of nitrogens with zero attached hydrogens (tertiary/aromatic N) is 2. The van der Waals surface area contributed by atoms with E-state index in [4.69, 9.17) is 10.00 Å². The number of rotatable bonds is 4. The molecule has 1 N–H and O–H groups in total. The summed E-state index contributed by atoms with van der Waals surface area (Å²) >= 11 is 0. The number of hydrogen-bond acceptors (Lipinski definition) is 4. The monoisotopic (exact) mass is 237 g/mol. The van der Waals surface area contributed by atoms with Crippen LogP contribution in [0.2, 0.25) is 0 Å². The maximum atomic E-state index is 9.05. The fourth-order valence-corrected chi connectivity index (χ4v) is 2.90.